The smallest absolute Gasteiger partial charge is 0.222 e. The molecule has 2 rings (SSSR count). The third-order valence-electron chi connectivity index (χ3n) is 2.51. The number of carbonyl (C=O) groups excluding carboxylic acids is 1. The second-order valence-corrected chi connectivity index (χ2v) is 3.82. The van der Waals surface area contributed by atoms with Crippen molar-refractivity contribution < 1.29 is 10.5 Å². The lowest BCUT2D eigenvalue weighted by atomic mass is 10.4. The largest absolute Gasteiger partial charge is 0.382 e. The van der Waals surface area contributed by atoms with Crippen molar-refractivity contribution in [2.75, 3.05) is 18.8 Å². The molecule has 0 atom stereocenters. The Kier molecular flexibility index (Phi) is 3.68. The molecule has 0 bridgehead atoms. The van der Waals surface area contributed by atoms with Gasteiger partial charge in [0.2, 0.25) is 5.91 Å². The topological polar surface area (TPSA) is 126 Å². The quantitative estimate of drug-likeness (QED) is 0.574. The number of hydrogen-bond donors (Lipinski definition) is 3. The lowest BCUT2D eigenvalue weighted by molar-refractivity contribution is -0.364. The van der Waals surface area contributed by atoms with E-state index in [4.69, 9.17) is 5.73 Å². The number of fused-ring (bicyclic) bond motifs is 1. The molecule has 0 radical (unpaired) electrons. The molecule has 18 heavy (non-hydrogen) atoms. The lowest BCUT2D eigenvalue weighted by Crippen LogP contribution is -2.54. The van der Waals surface area contributed by atoms with Crippen LogP contribution in [0, 0.1) is 0 Å². The predicted octanol–water partition coefficient (Wildman–Crippen LogP) is -1.84. The number of imidazole rings is 1. The first-order valence-corrected chi connectivity index (χ1v) is 5.69. The van der Waals surface area contributed by atoms with Gasteiger partial charge in [-0.1, -0.05) is 0 Å². The summed E-state index contributed by atoms with van der Waals surface area (Å²) in [5.41, 5.74) is 10.5. The van der Waals surface area contributed by atoms with Crippen molar-refractivity contribution in [3.8, 4) is 0 Å². The first-order chi connectivity index (χ1) is 8.72. The molecule has 0 aliphatic carbocycles. The molecule has 1 amide bonds. The second-order valence-electron chi connectivity index (χ2n) is 3.82. The average molecular weight is 250 g/mol. The molecule has 8 nitrogen and oxygen atoms in total. The first-order valence-electron chi connectivity index (χ1n) is 5.69. The van der Waals surface area contributed by atoms with Gasteiger partial charge in [-0.05, 0) is 0 Å². The summed E-state index contributed by atoms with van der Waals surface area (Å²) in [5, 5.41) is 2.76. The van der Waals surface area contributed by atoms with E-state index in [0.29, 0.717) is 43.0 Å². The van der Waals surface area contributed by atoms with Gasteiger partial charge in [-0.3, -0.25) is 4.79 Å². The zero-order chi connectivity index (χ0) is 13.0. The molecule has 8 heteroatoms. The fourth-order valence-electron chi connectivity index (χ4n) is 1.60. The maximum Gasteiger partial charge on any atom is 0.222 e. The Morgan fingerprint density at radius 3 is 3.06 bits per heavy atom. The SMILES string of the molecule is Nc1ncnc2c1ncn2CCC(=O)NCC[NH3+]. The van der Waals surface area contributed by atoms with E-state index in [1.54, 1.807) is 10.9 Å². The Morgan fingerprint density at radius 1 is 1.44 bits per heavy atom. The number of nitrogens with one attached hydrogen (secondary N) is 1. The van der Waals surface area contributed by atoms with Gasteiger partial charge in [0, 0.05) is 13.0 Å². The van der Waals surface area contributed by atoms with Gasteiger partial charge < -0.3 is 21.4 Å². The Morgan fingerprint density at radius 2 is 2.28 bits per heavy atom. The number of aryl methyl sites for hydroxylation is 1. The van der Waals surface area contributed by atoms with Crippen LogP contribution >= 0.6 is 0 Å². The molecule has 0 aliphatic rings. The third kappa shape index (κ3) is 2.54. The standard InChI is InChI=1S/C10H15N7O/c11-2-3-13-7(18)1-4-17-6-16-8-9(12)14-5-15-10(8)17/h5-6H,1-4,11H2,(H,13,18)(H2,12,14,15)/p+1. The van der Waals surface area contributed by atoms with Gasteiger partial charge in [-0.25, -0.2) is 15.0 Å². The van der Waals surface area contributed by atoms with E-state index in [2.05, 4.69) is 26.0 Å². The summed E-state index contributed by atoms with van der Waals surface area (Å²) >= 11 is 0. The highest BCUT2D eigenvalue weighted by Gasteiger charge is 2.08. The minimum Gasteiger partial charge on any atom is -0.382 e. The van der Waals surface area contributed by atoms with Crippen LogP contribution in [0.4, 0.5) is 5.82 Å². The Hall–Kier alpha value is -2.22. The van der Waals surface area contributed by atoms with Crippen LogP contribution in [0.15, 0.2) is 12.7 Å². The average Bonchev–Trinajstić information content (AvgIpc) is 2.78. The van der Waals surface area contributed by atoms with Crippen molar-refractivity contribution in [2.45, 2.75) is 13.0 Å². The molecule has 2 aromatic rings. The maximum atomic E-state index is 11.5. The summed E-state index contributed by atoms with van der Waals surface area (Å²) in [7, 11) is 0. The molecule has 0 aliphatic heterocycles. The lowest BCUT2D eigenvalue weighted by Gasteiger charge is -2.04. The van der Waals surface area contributed by atoms with Crippen molar-refractivity contribution in [1.82, 2.24) is 24.8 Å². The third-order valence-corrected chi connectivity index (χ3v) is 2.51. The fourth-order valence-corrected chi connectivity index (χ4v) is 1.60. The molecule has 2 aromatic heterocycles. The second kappa shape index (κ2) is 5.41. The number of carbonyl (C=O) groups is 1. The van der Waals surface area contributed by atoms with E-state index in [9.17, 15) is 4.79 Å². The van der Waals surface area contributed by atoms with Crippen LogP contribution in [-0.4, -0.2) is 38.5 Å². The van der Waals surface area contributed by atoms with Crippen LogP contribution in [0.25, 0.3) is 11.2 Å². The number of hydrogen-bond acceptors (Lipinski definition) is 5. The summed E-state index contributed by atoms with van der Waals surface area (Å²) in [6.07, 6.45) is 3.37. The molecule has 96 valence electrons. The van der Waals surface area contributed by atoms with Gasteiger partial charge in [0.05, 0.1) is 19.4 Å². The van der Waals surface area contributed by atoms with Gasteiger partial charge in [-0.2, -0.15) is 0 Å². The van der Waals surface area contributed by atoms with Crippen LogP contribution in [-0.2, 0) is 11.3 Å². The van der Waals surface area contributed by atoms with Crippen LogP contribution in [0.5, 0.6) is 0 Å². The summed E-state index contributed by atoms with van der Waals surface area (Å²) in [6, 6.07) is 0. The van der Waals surface area contributed by atoms with Gasteiger partial charge in [0.15, 0.2) is 11.5 Å². The Balaban J connectivity index is 2.04. The molecule has 0 unspecified atom stereocenters. The minimum absolute atomic E-state index is 0.0115. The van der Waals surface area contributed by atoms with Gasteiger partial charge in [0.25, 0.3) is 0 Å². The van der Waals surface area contributed by atoms with Crippen molar-refractivity contribution in [3.05, 3.63) is 12.7 Å². The molecular weight excluding hydrogens is 234 g/mol. The molecule has 6 N–H and O–H groups in total. The van der Waals surface area contributed by atoms with Crippen molar-refractivity contribution in [2.24, 2.45) is 0 Å². The number of aromatic nitrogens is 4. The predicted molar refractivity (Wildman–Crippen MR) is 65.1 cm³/mol. The number of amides is 1. The van der Waals surface area contributed by atoms with E-state index in [-0.39, 0.29) is 5.91 Å². The molecule has 0 saturated heterocycles. The first kappa shape index (κ1) is 12.2. The van der Waals surface area contributed by atoms with Gasteiger partial charge in [-0.15, -0.1) is 0 Å². The molecule has 0 aromatic carbocycles. The van der Waals surface area contributed by atoms with Crippen molar-refractivity contribution >= 4 is 22.9 Å². The van der Waals surface area contributed by atoms with E-state index in [1.165, 1.54) is 6.33 Å². The number of nitrogens with two attached hydrogens (primary N) is 1. The zero-order valence-electron chi connectivity index (χ0n) is 9.96. The number of anilines is 1. The van der Waals surface area contributed by atoms with Gasteiger partial charge in [0.1, 0.15) is 11.8 Å². The molecule has 0 fully saturated rings. The molecule has 0 saturated carbocycles. The Bertz CT molecular complexity index is 550. The van der Waals surface area contributed by atoms with Crippen LogP contribution in [0.2, 0.25) is 0 Å². The van der Waals surface area contributed by atoms with E-state index in [0.717, 1.165) is 0 Å². The minimum atomic E-state index is -0.0115. The summed E-state index contributed by atoms with van der Waals surface area (Å²) < 4.78 is 1.79. The van der Waals surface area contributed by atoms with Crippen LogP contribution in [0.1, 0.15) is 6.42 Å². The normalized spacial score (nSPS) is 10.7. The number of nitrogen functional groups attached to an aromatic ring is 1. The van der Waals surface area contributed by atoms with Gasteiger partial charge >= 0.3 is 0 Å². The molecular formula is C10H16N7O+. The highest BCUT2D eigenvalue weighted by molar-refractivity contribution is 5.81. The number of quaternary nitrogens is 1. The molecule has 2 heterocycles. The van der Waals surface area contributed by atoms with Crippen molar-refractivity contribution in [3.63, 3.8) is 0 Å². The zero-order valence-corrected chi connectivity index (χ0v) is 9.96. The highest BCUT2D eigenvalue weighted by Crippen LogP contribution is 2.14. The summed E-state index contributed by atoms with van der Waals surface area (Å²) in [4.78, 5) is 23.6. The highest BCUT2D eigenvalue weighted by atomic mass is 16.1. The Labute approximate surface area is 103 Å². The molecule has 0 spiro atoms. The monoisotopic (exact) mass is 250 g/mol. The van der Waals surface area contributed by atoms with E-state index in [1.807, 2.05) is 0 Å². The maximum absolute atomic E-state index is 11.5. The van der Waals surface area contributed by atoms with Crippen LogP contribution in [0.3, 0.4) is 0 Å². The fraction of sp³-hybridized carbons (Fsp3) is 0.400. The number of rotatable bonds is 5. The summed E-state index contributed by atoms with van der Waals surface area (Å²) in [6.45, 7) is 1.79. The van der Waals surface area contributed by atoms with E-state index >= 15 is 0 Å². The number of nitrogens with zero attached hydrogens (tertiary/aromatic N) is 4. The van der Waals surface area contributed by atoms with E-state index < -0.39 is 0 Å². The summed E-state index contributed by atoms with van der Waals surface area (Å²) in [5.74, 6) is 0.336. The van der Waals surface area contributed by atoms with Crippen LogP contribution < -0.4 is 16.8 Å². The van der Waals surface area contributed by atoms with Crippen molar-refractivity contribution in [1.29, 1.82) is 0 Å².